The summed E-state index contributed by atoms with van der Waals surface area (Å²) in [6, 6.07) is 11.1. The number of hydrogen-bond donors (Lipinski definition) is 1. The molecule has 0 unspecified atom stereocenters. The molecule has 2 aromatic rings. The van der Waals surface area contributed by atoms with Crippen LogP contribution in [0.25, 0.3) is 6.08 Å². The third kappa shape index (κ3) is 4.82. The number of carbonyl (C=O) groups excluding carboxylic acids is 1. The minimum Gasteiger partial charge on any atom is -0.322 e. The molecule has 0 aliphatic rings. The molecule has 0 heterocycles. The highest BCUT2D eigenvalue weighted by atomic mass is 35.5. The molecular formula is C16H13Cl2NO3S. The lowest BCUT2D eigenvalue weighted by Crippen LogP contribution is -2.08. The first-order chi connectivity index (χ1) is 10.8. The maximum Gasteiger partial charge on any atom is 0.248 e. The van der Waals surface area contributed by atoms with Crippen molar-refractivity contribution in [2.24, 2.45) is 0 Å². The summed E-state index contributed by atoms with van der Waals surface area (Å²) in [6.07, 6.45) is 3.88. The topological polar surface area (TPSA) is 63.2 Å². The van der Waals surface area contributed by atoms with E-state index in [2.05, 4.69) is 5.32 Å². The highest BCUT2D eigenvalue weighted by Crippen LogP contribution is 2.25. The van der Waals surface area contributed by atoms with Crippen LogP contribution in [0.5, 0.6) is 0 Å². The molecule has 2 rings (SSSR count). The molecule has 0 bridgehead atoms. The molecule has 120 valence electrons. The summed E-state index contributed by atoms with van der Waals surface area (Å²) in [5.74, 6) is -0.424. The molecule has 0 saturated carbocycles. The number of benzene rings is 2. The van der Waals surface area contributed by atoms with Gasteiger partial charge in [-0.15, -0.1) is 0 Å². The van der Waals surface area contributed by atoms with Gasteiger partial charge in [0.25, 0.3) is 0 Å². The molecule has 1 amide bonds. The van der Waals surface area contributed by atoms with Crippen molar-refractivity contribution in [2.75, 3.05) is 11.6 Å². The summed E-state index contributed by atoms with van der Waals surface area (Å²) in [5, 5.41) is 3.45. The Bertz CT molecular complexity index is 856. The first-order valence-electron chi connectivity index (χ1n) is 6.50. The van der Waals surface area contributed by atoms with E-state index in [-0.39, 0.29) is 4.90 Å². The number of hydrogen-bond acceptors (Lipinski definition) is 3. The summed E-state index contributed by atoms with van der Waals surface area (Å²) < 4.78 is 23.0. The lowest BCUT2D eigenvalue weighted by Gasteiger charge is -2.05. The molecule has 7 heteroatoms. The van der Waals surface area contributed by atoms with Gasteiger partial charge in [-0.1, -0.05) is 35.3 Å². The average molecular weight is 370 g/mol. The number of anilines is 1. The Morgan fingerprint density at radius 3 is 2.30 bits per heavy atom. The van der Waals surface area contributed by atoms with E-state index in [9.17, 15) is 13.2 Å². The molecule has 0 saturated heterocycles. The number of nitrogens with one attached hydrogen (secondary N) is 1. The maximum atomic E-state index is 11.9. The van der Waals surface area contributed by atoms with Crippen molar-refractivity contribution in [1.82, 2.24) is 0 Å². The van der Waals surface area contributed by atoms with Crippen LogP contribution in [0, 0.1) is 0 Å². The minimum absolute atomic E-state index is 0.133. The van der Waals surface area contributed by atoms with Gasteiger partial charge < -0.3 is 5.32 Å². The highest BCUT2D eigenvalue weighted by Gasteiger charge is 2.08. The van der Waals surface area contributed by atoms with Crippen LogP contribution in [0.4, 0.5) is 5.69 Å². The molecule has 0 fully saturated rings. The normalized spacial score (nSPS) is 11.6. The SMILES string of the molecule is CS(=O)(=O)c1cccc(NC(=O)/C=C/c2c(Cl)cccc2Cl)c1. The Morgan fingerprint density at radius 1 is 1.09 bits per heavy atom. The molecular weight excluding hydrogens is 357 g/mol. The third-order valence-electron chi connectivity index (χ3n) is 2.93. The summed E-state index contributed by atoms with van der Waals surface area (Å²) in [6.45, 7) is 0. The van der Waals surface area contributed by atoms with E-state index in [0.29, 0.717) is 21.3 Å². The average Bonchev–Trinajstić information content (AvgIpc) is 2.46. The number of carbonyl (C=O) groups is 1. The summed E-state index contributed by atoms with van der Waals surface area (Å²) in [4.78, 5) is 12.1. The smallest absolute Gasteiger partial charge is 0.248 e. The van der Waals surface area contributed by atoms with Gasteiger partial charge in [-0.2, -0.15) is 0 Å². The lowest BCUT2D eigenvalue weighted by atomic mass is 10.2. The van der Waals surface area contributed by atoms with Crippen molar-refractivity contribution >= 4 is 50.7 Å². The molecule has 0 aromatic heterocycles. The van der Waals surface area contributed by atoms with E-state index in [1.54, 1.807) is 30.3 Å². The van der Waals surface area contributed by atoms with Crippen LogP contribution in [0.2, 0.25) is 10.0 Å². The maximum absolute atomic E-state index is 11.9. The van der Waals surface area contributed by atoms with Crippen LogP contribution >= 0.6 is 23.2 Å². The third-order valence-corrected chi connectivity index (χ3v) is 4.70. The van der Waals surface area contributed by atoms with Gasteiger partial charge in [0.1, 0.15) is 0 Å². The van der Waals surface area contributed by atoms with Gasteiger partial charge in [-0.25, -0.2) is 8.42 Å². The van der Waals surface area contributed by atoms with Crippen molar-refractivity contribution in [2.45, 2.75) is 4.90 Å². The van der Waals surface area contributed by atoms with Crippen molar-refractivity contribution in [1.29, 1.82) is 0 Å². The number of rotatable bonds is 4. The molecule has 0 aliphatic heterocycles. The van der Waals surface area contributed by atoms with E-state index < -0.39 is 15.7 Å². The first-order valence-corrected chi connectivity index (χ1v) is 9.15. The molecule has 0 atom stereocenters. The molecule has 0 spiro atoms. The van der Waals surface area contributed by atoms with Crippen LogP contribution in [-0.4, -0.2) is 20.6 Å². The van der Waals surface area contributed by atoms with Crippen molar-refractivity contribution in [3.63, 3.8) is 0 Å². The zero-order valence-electron chi connectivity index (χ0n) is 12.1. The van der Waals surface area contributed by atoms with E-state index in [1.165, 1.54) is 24.3 Å². The summed E-state index contributed by atoms with van der Waals surface area (Å²) in [7, 11) is -3.33. The number of sulfone groups is 1. The predicted octanol–water partition coefficient (Wildman–Crippen LogP) is 4.05. The molecule has 0 aliphatic carbocycles. The fourth-order valence-corrected chi connectivity index (χ4v) is 3.01. The summed E-state index contributed by atoms with van der Waals surface area (Å²) >= 11 is 12.0. The van der Waals surface area contributed by atoms with E-state index in [4.69, 9.17) is 23.2 Å². The van der Waals surface area contributed by atoms with Gasteiger partial charge in [0.15, 0.2) is 9.84 Å². The zero-order chi connectivity index (χ0) is 17.0. The summed E-state index contributed by atoms with van der Waals surface area (Å²) in [5.41, 5.74) is 0.920. The van der Waals surface area contributed by atoms with Gasteiger partial charge in [0.2, 0.25) is 5.91 Å². The second-order valence-electron chi connectivity index (χ2n) is 4.76. The Hall–Kier alpha value is -1.82. The van der Waals surface area contributed by atoms with Crippen LogP contribution < -0.4 is 5.32 Å². The Labute approximate surface area is 144 Å². The number of amides is 1. The van der Waals surface area contributed by atoms with Gasteiger partial charge in [-0.05, 0) is 36.4 Å². The van der Waals surface area contributed by atoms with Crippen molar-refractivity contribution in [3.05, 3.63) is 64.1 Å². The standard InChI is InChI=1S/C16H13Cl2NO3S/c1-23(21,22)12-5-2-4-11(10-12)19-16(20)9-8-13-14(17)6-3-7-15(13)18/h2-10H,1H3,(H,19,20)/b9-8+. The quantitative estimate of drug-likeness (QED) is 0.826. The lowest BCUT2D eigenvalue weighted by molar-refractivity contribution is -0.111. The van der Waals surface area contributed by atoms with Crippen LogP contribution in [0.1, 0.15) is 5.56 Å². The molecule has 4 nitrogen and oxygen atoms in total. The van der Waals surface area contributed by atoms with Crippen LogP contribution in [0.15, 0.2) is 53.4 Å². The second-order valence-corrected chi connectivity index (χ2v) is 7.59. The van der Waals surface area contributed by atoms with Gasteiger partial charge in [0, 0.05) is 33.6 Å². The zero-order valence-corrected chi connectivity index (χ0v) is 14.4. The van der Waals surface area contributed by atoms with E-state index in [0.717, 1.165) is 6.26 Å². The van der Waals surface area contributed by atoms with Gasteiger partial charge in [-0.3, -0.25) is 4.79 Å². The van der Waals surface area contributed by atoms with Crippen molar-refractivity contribution < 1.29 is 13.2 Å². The van der Waals surface area contributed by atoms with E-state index >= 15 is 0 Å². The molecule has 0 radical (unpaired) electrons. The molecule has 23 heavy (non-hydrogen) atoms. The van der Waals surface area contributed by atoms with Crippen LogP contribution in [0.3, 0.4) is 0 Å². The Morgan fingerprint density at radius 2 is 1.70 bits per heavy atom. The van der Waals surface area contributed by atoms with Gasteiger partial charge >= 0.3 is 0 Å². The van der Waals surface area contributed by atoms with Gasteiger partial charge in [0.05, 0.1) is 4.90 Å². The molecule has 1 N–H and O–H groups in total. The Kier molecular flexibility index (Phi) is 5.46. The Balaban J connectivity index is 2.16. The largest absolute Gasteiger partial charge is 0.322 e. The van der Waals surface area contributed by atoms with E-state index in [1.807, 2.05) is 0 Å². The highest BCUT2D eigenvalue weighted by molar-refractivity contribution is 7.90. The fraction of sp³-hybridized carbons (Fsp3) is 0.0625. The van der Waals surface area contributed by atoms with Crippen molar-refractivity contribution in [3.8, 4) is 0 Å². The fourth-order valence-electron chi connectivity index (χ4n) is 1.82. The monoisotopic (exact) mass is 369 g/mol. The second kappa shape index (κ2) is 7.17. The number of halogens is 2. The molecule has 2 aromatic carbocycles. The van der Waals surface area contributed by atoms with Crippen LogP contribution in [-0.2, 0) is 14.6 Å². The first kappa shape index (κ1) is 17.5. The predicted molar refractivity (Wildman–Crippen MR) is 93.7 cm³/mol. The minimum atomic E-state index is -3.33.